The lowest BCUT2D eigenvalue weighted by Crippen LogP contribution is -2.40. The molecule has 1 fully saturated rings. The second-order valence-electron chi connectivity index (χ2n) is 5.75. The highest BCUT2D eigenvalue weighted by Gasteiger charge is 2.25. The molecule has 0 spiro atoms. The Balaban J connectivity index is 1.83. The van der Waals surface area contributed by atoms with E-state index in [0.29, 0.717) is 18.7 Å². The molecule has 0 bridgehead atoms. The van der Waals surface area contributed by atoms with Gasteiger partial charge in [0.15, 0.2) is 0 Å². The third-order valence-electron chi connectivity index (χ3n) is 4.23. The first-order valence-electron chi connectivity index (χ1n) is 8.05. The van der Waals surface area contributed by atoms with Crippen LogP contribution in [-0.4, -0.2) is 35.8 Å². The molecule has 0 saturated heterocycles. The molecule has 0 aromatic heterocycles. The van der Waals surface area contributed by atoms with E-state index in [2.05, 4.69) is 5.32 Å². The number of nitrogens with zero attached hydrogens (tertiary/aromatic N) is 1. The molecule has 6 heteroatoms. The van der Waals surface area contributed by atoms with Crippen molar-refractivity contribution in [3.05, 3.63) is 35.4 Å². The maximum absolute atomic E-state index is 13.5. The van der Waals surface area contributed by atoms with Crippen molar-refractivity contribution in [3.8, 4) is 0 Å². The Bertz CT molecular complexity index is 572. The summed E-state index contributed by atoms with van der Waals surface area (Å²) in [5.41, 5.74) is -0.220. The Kier molecular flexibility index (Phi) is 6.07. The fourth-order valence-corrected chi connectivity index (χ4v) is 3.05. The zero-order valence-corrected chi connectivity index (χ0v) is 13.3. The number of hydrogen-bond acceptors (Lipinski definition) is 2. The van der Waals surface area contributed by atoms with Crippen LogP contribution < -0.4 is 5.32 Å². The summed E-state index contributed by atoms with van der Waals surface area (Å²) in [6, 6.07) is 3.09. The predicted octanol–water partition coefficient (Wildman–Crippen LogP) is 2.88. The van der Waals surface area contributed by atoms with Gasteiger partial charge in [-0.1, -0.05) is 12.8 Å². The van der Waals surface area contributed by atoms with Crippen LogP contribution in [0.1, 0.15) is 49.4 Å². The Morgan fingerprint density at radius 3 is 2.57 bits per heavy atom. The average molecular weight is 324 g/mol. The van der Waals surface area contributed by atoms with Crippen LogP contribution in [0.4, 0.5) is 8.78 Å². The molecule has 0 aliphatic heterocycles. The molecule has 4 nitrogen and oxygen atoms in total. The van der Waals surface area contributed by atoms with Gasteiger partial charge in [-0.3, -0.25) is 9.59 Å². The van der Waals surface area contributed by atoms with E-state index in [1.165, 1.54) is 0 Å². The lowest BCUT2D eigenvalue weighted by molar-refractivity contribution is -0.133. The van der Waals surface area contributed by atoms with Gasteiger partial charge in [-0.15, -0.1) is 0 Å². The lowest BCUT2D eigenvalue weighted by Gasteiger charge is -2.27. The molecule has 1 aromatic carbocycles. The van der Waals surface area contributed by atoms with Crippen molar-refractivity contribution in [2.75, 3.05) is 13.1 Å². The lowest BCUT2D eigenvalue weighted by atomic mass is 10.2. The van der Waals surface area contributed by atoms with Crippen LogP contribution in [0, 0.1) is 11.6 Å². The number of hydrogen-bond donors (Lipinski definition) is 1. The van der Waals surface area contributed by atoms with E-state index >= 15 is 0 Å². The molecule has 1 saturated carbocycles. The highest BCUT2D eigenvalue weighted by Crippen LogP contribution is 2.23. The molecule has 1 aliphatic carbocycles. The fraction of sp³-hybridized carbons (Fsp3) is 0.529. The monoisotopic (exact) mass is 324 g/mol. The van der Waals surface area contributed by atoms with Gasteiger partial charge in [0.25, 0.3) is 5.91 Å². The predicted molar refractivity (Wildman–Crippen MR) is 83.0 cm³/mol. The van der Waals surface area contributed by atoms with E-state index in [1.54, 1.807) is 0 Å². The molecule has 0 heterocycles. The zero-order valence-electron chi connectivity index (χ0n) is 13.3. The zero-order chi connectivity index (χ0) is 16.8. The van der Waals surface area contributed by atoms with Crippen LogP contribution in [0.2, 0.25) is 0 Å². The molecule has 1 N–H and O–H groups in total. The van der Waals surface area contributed by atoms with Gasteiger partial charge >= 0.3 is 0 Å². The van der Waals surface area contributed by atoms with Crippen molar-refractivity contribution in [3.63, 3.8) is 0 Å². The second-order valence-corrected chi connectivity index (χ2v) is 5.75. The number of carbonyl (C=O) groups excluding carboxylic acids is 2. The van der Waals surface area contributed by atoms with E-state index in [9.17, 15) is 18.4 Å². The largest absolute Gasteiger partial charge is 0.351 e. The van der Waals surface area contributed by atoms with Crippen LogP contribution >= 0.6 is 0 Å². The minimum Gasteiger partial charge on any atom is -0.351 e. The van der Waals surface area contributed by atoms with Crippen molar-refractivity contribution in [2.45, 2.75) is 45.1 Å². The van der Waals surface area contributed by atoms with E-state index in [-0.39, 0.29) is 24.4 Å². The number of amides is 2. The maximum atomic E-state index is 13.5. The first-order chi connectivity index (χ1) is 11.0. The highest BCUT2D eigenvalue weighted by atomic mass is 19.1. The summed E-state index contributed by atoms with van der Waals surface area (Å²) < 4.78 is 26.3. The number of nitrogens with one attached hydrogen (secondary N) is 1. The minimum absolute atomic E-state index is 0.000668. The van der Waals surface area contributed by atoms with Gasteiger partial charge in [-0.2, -0.15) is 0 Å². The number of rotatable bonds is 6. The smallest absolute Gasteiger partial charge is 0.254 e. The molecule has 0 atom stereocenters. The van der Waals surface area contributed by atoms with E-state index < -0.39 is 17.5 Å². The van der Waals surface area contributed by atoms with E-state index in [0.717, 1.165) is 37.8 Å². The number of benzene rings is 1. The maximum Gasteiger partial charge on any atom is 0.254 e. The second kappa shape index (κ2) is 8.04. The van der Waals surface area contributed by atoms with Gasteiger partial charge in [0, 0.05) is 31.6 Å². The highest BCUT2D eigenvalue weighted by molar-refractivity contribution is 5.94. The standard InChI is InChI=1S/C17H22F2N2O2/c1-2-21(13-5-3-4-6-13)16(22)9-10-20-17(23)14-8-7-12(18)11-15(14)19/h7-8,11,13H,2-6,9-10H2,1H3,(H,20,23). The molecule has 2 amide bonds. The van der Waals surface area contributed by atoms with Crippen LogP contribution in [0.25, 0.3) is 0 Å². The molecule has 23 heavy (non-hydrogen) atoms. The van der Waals surface area contributed by atoms with Gasteiger partial charge in [0.05, 0.1) is 5.56 Å². The third kappa shape index (κ3) is 4.50. The van der Waals surface area contributed by atoms with Gasteiger partial charge < -0.3 is 10.2 Å². The van der Waals surface area contributed by atoms with Gasteiger partial charge in [0.2, 0.25) is 5.91 Å². The van der Waals surface area contributed by atoms with Crippen LogP contribution in [-0.2, 0) is 4.79 Å². The first kappa shape index (κ1) is 17.4. The molecule has 0 radical (unpaired) electrons. The van der Waals surface area contributed by atoms with Crippen LogP contribution in [0.15, 0.2) is 18.2 Å². The normalized spacial score (nSPS) is 14.7. The van der Waals surface area contributed by atoms with Crippen LogP contribution in [0.5, 0.6) is 0 Å². The molecule has 2 rings (SSSR count). The fourth-order valence-electron chi connectivity index (χ4n) is 3.05. The SMILES string of the molecule is CCN(C(=O)CCNC(=O)c1ccc(F)cc1F)C1CCCC1. The van der Waals surface area contributed by atoms with Crippen LogP contribution in [0.3, 0.4) is 0 Å². The van der Waals surface area contributed by atoms with Crippen molar-refractivity contribution in [1.82, 2.24) is 10.2 Å². The quantitative estimate of drug-likeness (QED) is 0.875. The van der Waals surface area contributed by atoms with E-state index in [1.807, 2.05) is 11.8 Å². The summed E-state index contributed by atoms with van der Waals surface area (Å²) in [5.74, 6) is -2.28. The molecule has 1 aromatic rings. The van der Waals surface area contributed by atoms with Crippen molar-refractivity contribution >= 4 is 11.8 Å². The molecular weight excluding hydrogens is 302 g/mol. The molecule has 1 aliphatic rings. The minimum atomic E-state index is -0.907. The van der Waals surface area contributed by atoms with Crippen molar-refractivity contribution in [1.29, 1.82) is 0 Å². The van der Waals surface area contributed by atoms with Gasteiger partial charge in [0.1, 0.15) is 11.6 Å². The Labute approximate surface area is 134 Å². The molecule has 126 valence electrons. The third-order valence-corrected chi connectivity index (χ3v) is 4.23. The molecular formula is C17H22F2N2O2. The number of halogens is 2. The summed E-state index contributed by atoms with van der Waals surface area (Å²) in [4.78, 5) is 26.0. The van der Waals surface area contributed by atoms with E-state index in [4.69, 9.17) is 0 Å². The first-order valence-corrected chi connectivity index (χ1v) is 8.05. The number of carbonyl (C=O) groups is 2. The van der Waals surface area contributed by atoms with Crippen molar-refractivity contribution in [2.24, 2.45) is 0 Å². The topological polar surface area (TPSA) is 49.4 Å². The summed E-state index contributed by atoms with van der Waals surface area (Å²) in [6.45, 7) is 2.74. The summed E-state index contributed by atoms with van der Waals surface area (Å²) in [7, 11) is 0. The Morgan fingerprint density at radius 2 is 1.96 bits per heavy atom. The van der Waals surface area contributed by atoms with Crippen molar-refractivity contribution < 1.29 is 18.4 Å². The Hall–Kier alpha value is -1.98. The average Bonchev–Trinajstić information content (AvgIpc) is 3.02. The Morgan fingerprint density at radius 1 is 1.26 bits per heavy atom. The summed E-state index contributed by atoms with van der Waals surface area (Å²) in [6.07, 6.45) is 4.54. The summed E-state index contributed by atoms with van der Waals surface area (Å²) >= 11 is 0. The van der Waals surface area contributed by atoms with Gasteiger partial charge in [-0.25, -0.2) is 8.78 Å². The summed E-state index contributed by atoms with van der Waals surface area (Å²) in [5, 5.41) is 2.51. The van der Waals surface area contributed by atoms with Gasteiger partial charge in [-0.05, 0) is 31.9 Å². The molecule has 0 unspecified atom stereocenters.